The maximum absolute atomic E-state index is 11.1. The van der Waals surface area contributed by atoms with Gasteiger partial charge < -0.3 is 4.74 Å². The van der Waals surface area contributed by atoms with Crippen LogP contribution < -0.4 is 0 Å². The standard InChI is InChI=1S/C14H17NO2/c1-2-17-14(16)10-15-9-12-5-3-4-6-13(12)11-7-8-11/h3-6,9,11H,2,7-8,10H2,1H3. The molecule has 0 unspecified atom stereocenters. The van der Waals surface area contributed by atoms with E-state index < -0.39 is 0 Å². The molecule has 0 atom stereocenters. The lowest BCUT2D eigenvalue weighted by Gasteiger charge is -2.02. The highest BCUT2D eigenvalue weighted by molar-refractivity contribution is 5.84. The number of carbonyl (C=O) groups excluding carboxylic acids is 1. The number of ether oxygens (including phenoxy) is 1. The van der Waals surface area contributed by atoms with Crippen LogP contribution in [0.5, 0.6) is 0 Å². The van der Waals surface area contributed by atoms with Gasteiger partial charge >= 0.3 is 5.97 Å². The van der Waals surface area contributed by atoms with Crippen molar-refractivity contribution in [3.05, 3.63) is 35.4 Å². The lowest BCUT2D eigenvalue weighted by atomic mass is 10.0. The Morgan fingerprint density at radius 3 is 2.94 bits per heavy atom. The third kappa shape index (κ3) is 3.41. The smallest absolute Gasteiger partial charge is 0.327 e. The summed E-state index contributed by atoms with van der Waals surface area (Å²) >= 11 is 0. The minimum absolute atomic E-state index is 0.104. The van der Waals surface area contributed by atoms with E-state index in [0.29, 0.717) is 12.5 Å². The van der Waals surface area contributed by atoms with E-state index >= 15 is 0 Å². The lowest BCUT2D eigenvalue weighted by Crippen LogP contribution is -2.07. The van der Waals surface area contributed by atoms with Crippen molar-refractivity contribution >= 4 is 12.2 Å². The molecule has 0 radical (unpaired) electrons. The molecule has 0 amide bonds. The van der Waals surface area contributed by atoms with Gasteiger partial charge in [0.2, 0.25) is 0 Å². The summed E-state index contributed by atoms with van der Waals surface area (Å²) in [6, 6.07) is 8.24. The van der Waals surface area contributed by atoms with Gasteiger partial charge in [0.1, 0.15) is 6.54 Å². The van der Waals surface area contributed by atoms with Gasteiger partial charge in [0.05, 0.1) is 6.61 Å². The van der Waals surface area contributed by atoms with Crippen LogP contribution in [-0.2, 0) is 9.53 Å². The van der Waals surface area contributed by atoms with E-state index in [9.17, 15) is 4.79 Å². The third-order valence-electron chi connectivity index (χ3n) is 2.77. The zero-order chi connectivity index (χ0) is 12.1. The largest absolute Gasteiger partial charge is 0.465 e. The topological polar surface area (TPSA) is 38.7 Å². The van der Waals surface area contributed by atoms with E-state index in [1.54, 1.807) is 13.1 Å². The first-order valence-corrected chi connectivity index (χ1v) is 6.05. The van der Waals surface area contributed by atoms with E-state index in [1.165, 1.54) is 18.4 Å². The maximum Gasteiger partial charge on any atom is 0.327 e. The SMILES string of the molecule is CCOC(=O)CN=Cc1ccccc1C1CC1. The number of benzene rings is 1. The number of hydrogen-bond donors (Lipinski definition) is 0. The fraction of sp³-hybridized carbons (Fsp3) is 0.429. The van der Waals surface area contributed by atoms with Crippen molar-refractivity contribution in [2.75, 3.05) is 13.2 Å². The number of hydrogen-bond acceptors (Lipinski definition) is 3. The average Bonchev–Trinajstić information content (AvgIpc) is 3.14. The summed E-state index contributed by atoms with van der Waals surface area (Å²) in [7, 11) is 0. The molecule has 0 spiro atoms. The first kappa shape index (κ1) is 11.8. The fourth-order valence-corrected chi connectivity index (χ4v) is 1.82. The minimum atomic E-state index is -0.271. The third-order valence-corrected chi connectivity index (χ3v) is 2.77. The predicted molar refractivity (Wildman–Crippen MR) is 67.5 cm³/mol. The number of carbonyl (C=O) groups is 1. The van der Waals surface area contributed by atoms with Crippen molar-refractivity contribution in [2.24, 2.45) is 4.99 Å². The van der Waals surface area contributed by atoms with Gasteiger partial charge in [-0.2, -0.15) is 0 Å². The maximum atomic E-state index is 11.1. The van der Waals surface area contributed by atoms with Crippen LogP contribution in [0.15, 0.2) is 29.3 Å². The molecule has 0 N–H and O–H groups in total. The highest BCUT2D eigenvalue weighted by Gasteiger charge is 2.24. The summed E-state index contributed by atoms with van der Waals surface area (Å²) in [4.78, 5) is 15.3. The highest BCUT2D eigenvalue weighted by Crippen LogP contribution is 2.41. The van der Waals surface area contributed by atoms with Crippen molar-refractivity contribution in [3.8, 4) is 0 Å². The Labute approximate surface area is 102 Å². The van der Waals surface area contributed by atoms with E-state index in [-0.39, 0.29) is 12.5 Å². The molecular formula is C14H17NO2. The summed E-state index contributed by atoms with van der Waals surface area (Å²) in [5.41, 5.74) is 2.47. The van der Waals surface area contributed by atoms with Gasteiger partial charge in [0.25, 0.3) is 0 Å². The number of aliphatic imine (C=N–C) groups is 1. The molecule has 1 fully saturated rings. The van der Waals surface area contributed by atoms with Gasteiger partial charge in [-0.3, -0.25) is 9.79 Å². The molecular weight excluding hydrogens is 214 g/mol. The highest BCUT2D eigenvalue weighted by atomic mass is 16.5. The summed E-state index contributed by atoms with van der Waals surface area (Å²) in [5, 5.41) is 0. The molecule has 0 aliphatic heterocycles. The van der Waals surface area contributed by atoms with Gasteiger partial charge in [0.15, 0.2) is 0 Å². The quantitative estimate of drug-likeness (QED) is 0.577. The molecule has 3 heteroatoms. The molecule has 1 saturated carbocycles. The predicted octanol–water partition coefficient (Wildman–Crippen LogP) is 2.55. The Hall–Kier alpha value is -1.64. The van der Waals surface area contributed by atoms with Gasteiger partial charge in [-0.15, -0.1) is 0 Å². The molecule has 1 aliphatic rings. The van der Waals surface area contributed by atoms with Crippen molar-refractivity contribution in [1.82, 2.24) is 0 Å². The first-order valence-electron chi connectivity index (χ1n) is 6.05. The van der Waals surface area contributed by atoms with E-state index in [1.807, 2.05) is 12.1 Å². The summed E-state index contributed by atoms with van der Waals surface area (Å²) < 4.78 is 4.82. The minimum Gasteiger partial charge on any atom is -0.465 e. The number of rotatable bonds is 5. The summed E-state index contributed by atoms with van der Waals surface area (Å²) in [5.74, 6) is 0.424. The van der Waals surface area contributed by atoms with Gasteiger partial charge in [-0.05, 0) is 36.8 Å². The second-order valence-corrected chi connectivity index (χ2v) is 4.18. The van der Waals surface area contributed by atoms with Crippen molar-refractivity contribution in [3.63, 3.8) is 0 Å². The number of esters is 1. The van der Waals surface area contributed by atoms with E-state index in [0.717, 1.165) is 5.56 Å². The van der Waals surface area contributed by atoms with Crippen molar-refractivity contribution in [1.29, 1.82) is 0 Å². The Kier molecular flexibility index (Phi) is 3.91. The van der Waals surface area contributed by atoms with Crippen LogP contribution in [0.3, 0.4) is 0 Å². The molecule has 0 bridgehead atoms. The number of nitrogens with zero attached hydrogens (tertiary/aromatic N) is 1. The molecule has 1 aromatic rings. The normalized spacial score (nSPS) is 15.1. The Morgan fingerprint density at radius 2 is 2.24 bits per heavy atom. The molecule has 2 rings (SSSR count). The van der Waals surface area contributed by atoms with Gasteiger partial charge in [0, 0.05) is 6.21 Å². The molecule has 0 saturated heterocycles. The molecule has 0 heterocycles. The molecule has 17 heavy (non-hydrogen) atoms. The summed E-state index contributed by atoms with van der Waals surface area (Å²) in [6.45, 7) is 2.31. The van der Waals surface area contributed by atoms with Crippen LogP contribution in [0.4, 0.5) is 0 Å². The zero-order valence-corrected chi connectivity index (χ0v) is 10.1. The molecule has 1 aliphatic carbocycles. The zero-order valence-electron chi connectivity index (χ0n) is 10.1. The van der Waals surface area contributed by atoms with Crippen molar-refractivity contribution in [2.45, 2.75) is 25.7 Å². The van der Waals surface area contributed by atoms with Crippen LogP contribution in [-0.4, -0.2) is 25.3 Å². The van der Waals surface area contributed by atoms with Crippen LogP contribution in [0, 0.1) is 0 Å². The van der Waals surface area contributed by atoms with E-state index in [4.69, 9.17) is 4.74 Å². The summed E-state index contributed by atoms with van der Waals surface area (Å²) in [6.07, 6.45) is 4.32. The van der Waals surface area contributed by atoms with Crippen LogP contribution in [0.2, 0.25) is 0 Å². The monoisotopic (exact) mass is 231 g/mol. The fourth-order valence-electron chi connectivity index (χ4n) is 1.82. The second kappa shape index (κ2) is 5.62. The Bertz CT molecular complexity index is 422. The molecule has 0 aromatic heterocycles. The van der Waals surface area contributed by atoms with Gasteiger partial charge in [-0.1, -0.05) is 24.3 Å². The molecule has 1 aromatic carbocycles. The van der Waals surface area contributed by atoms with Crippen molar-refractivity contribution < 1.29 is 9.53 Å². The molecule has 90 valence electrons. The van der Waals surface area contributed by atoms with Crippen LogP contribution >= 0.6 is 0 Å². The second-order valence-electron chi connectivity index (χ2n) is 4.18. The van der Waals surface area contributed by atoms with Crippen LogP contribution in [0.25, 0.3) is 0 Å². The van der Waals surface area contributed by atoms with E-state index in [2.05, 4.69) is 17.1 Å². The Balaban J connectivity index is 1.98. The van der Waals surface area contributed by atoms with Crippen LogP contribution in [0.1, 0.15) is 36.8 Å². The average molecular weight is 231 g/mol. The molecule has 3 nitrogen and oxygen atoms in total. The van der Waals surface area contributed by atoms with Gasteiger partial charge in [-0.25, -0.2) is 0 Å². The first-order chi connectivity index (χ1) is 8.31. The Morgan fingerprint density at radius 1 is 1.47 bits per heavy atom. The lowest BCUT2D eigenvalue weighted by molar-refractivity contribution is -0.141.